The van der Waals surface area contributed by atoms with Crippen molar-refractivity contribution in [2.45, 2.75) is 104 Å². The topological polar surface area (TPSA) is 60.4 Å². The molecule has 1 unspecified atom stereocenters. The molecular formula is C23H45NO3. The van der Waals surface area contributed by atoms with E-state index in [0.717, 1.165) is 56.3 Å². The number of quaternary nitrogens is 1. The van der Waals surface area contributed by atoms with Crippen molar-refractivity contribution in [1.29, 1.82) is 0 Å². The number of unbranched alkanes of at least 4 members (excludes halogenated alkanes) is 5. The first-order valence-electron chi connectivity index (χ1n) is 11.4. The van der Waals surface area contributed by atoms with Crippen LogP contribution in [0.25, 0.3) is 0 Å². The Hall–Kier alpha value is -0.870. The highest BCUT2D eigenvalue weighted by molar-refractivity contribution is 5.64. The molecule has 160 valence electrons. The van der Waals surface area contributed by atoms with Crippen LogP contribution < -0.4 is 5.11 Å². The van der Waals surface area contributed by atoms with Gasteiger partial charge in [0.1, 0.15) is 12.6 Å². The number of allylic oxidation sites excluding steroid dienone is 2. The van der Waals surface area contributed by atoms with E-state index in [4.69, 9.17) is 0 Å². The van der Waals surface area contributed by atoms with Gasteiger partial charge in [0.05, 0.1) is 19.6 Å². The van der Waals surface area contributed by atoms with E-state index in [1.54, 1.807) is 0 Å². The summed E-state index contributed by atoms with van der Waals surface area (Å²) in [5.41, 5.74) is 0. The minimum Gasteiger partial charge on any atom is -0.550 e. The van der Waals surface area contributed by atoms with Crippen LogP contribution in [-0.2, 0) is 4.79 Å². The summed E-state index contributed by atoms with van der Waals surface area (Å²) in [5.74, 6) is -0.951. The van der Waals surface area contributed by atoms with Crippen LogP contribution in [0.15, 0.2) is 12.2 Å². The van der Waals surface area contributed by atoms with Gasteiger partial charge in [-0.15, -0.1) is 0 Å². The van der Waals surface area contributed by atoms with Gasteiger partial charge in [-0.05, 0) is 64.2 Å². The number of aliphatic hydroxyl groups is 1. The first-order valence-corrected chi connectivity index (χ1v) is 11.4. The lowest BCUT2D eigenvalue weighted by atomic mass is 10.1. The van der Waals surface area contributed by atoms with Crippen molar-refractivity contribution in [2.75, 3.05) is 26.2 Å². The highest BCUT2D eigenvalue weighted by Crippen LogP contribution is 2.19. The summed E-state index contributed by atoms with van der Waals surface area (Å²) in [6.07, 6.45) is 15.8. The molecule has 0 aromatic heterocycles. The summed E-state index contributed by atoms with van der Waals surface area (Å²) in [6.45, 7) is 10.6. The SMILES string of the molecule is CC/C=C/CCC(O)C[N+](CCCCC)(CCCCC)CCCCC(=O)[O-]. The van der Waals surface area contributed by atoms with E-state index in [9.17, 15) is 15.0 Å². The molecule has 0 fully saturated rings. The molecule has 0 saturated carbocycles. The molecule has 0 spiro atoms. The number of hydrogen-bond donors (Lipinski definition) is 1. The zero-order valence-electron chi connectivity index (χ0n) is 18.3. The molecule has 27 heavy (non-hydrogen) atoms. The van der Waals surface area contributed by atoms with Crippen molar-refractivity contribution < 1.29 is 19.5 Å². The van der Waals surface area contributed by atoms with Crippen LogP contribution in [0.4, 0.5) is 0 Å². The fourth-order valence-electron chi connectivity index (χ4n) is 3.83. The lowest BCUT2D eigenvalue weighted by molar-refractivity contribution is -0.931. The van der Waals surface area contributed by atoms with Crippen LogP contribution >= 0.6 is 0 Å². The van der Waals surface area contributed by atoms with E-state index in [1.165, 1.54) is 38.5 Å². The van der Waals surface area contributed by atoms with Crippen molar-refractivity contribution >= 4 is 5.97 Å². The van der Waals surface area contributed by atoms with Gasteiger partial charge >= 0.3 is 0 Å². The first-order chi connectivity index (χ1) is 13.0. The second-order valence-corrected chi connectivity index (χ2v) is 8.05. The smallest absolute Gasteiger partial charge is 0.105 e. The number of carbonyl (C=O) groups is 1. The minimum absolute atomic E-state index is 0.147. The Balaban J connectivity index is 4.90. The Kier molecular flexibility index (Phi) is 16.7. The van der Waals surface area contributed by atoms with Crippen molar-refractivity contribution in [3.8, 4) is 0 Å². The second kappa shape index (κ2) is 17.2. The fourth-order valence-corrected chi connectivity index (χ4v) is 3.83. The number of carboxylic acid groups (broad SMARTS) is 1. The third kappa shape index (κ3) is 14.8. The molecule has 0 aliphatic carbocycles. The fraction of sp³-hybridized carbons (Fsp3) is 0.870. The Morgan fingerprint density at radius 2 is 1.48 bits per heavy atom. The van der Waals surface area contributed by atoms with E-state index < -0.39 is 5.97 Å². The molecule has 0 amide bonds. The number of nitrogens with zero attached hydrogens (tertiary/aromatic N) is 1. The summed E-state index contributed by atoms with van der Waals surface area (Å²) in [6, 6.07) is 0. The number of carboxylic acids is 1. The van der Waals surface area contributed by atoms with Gasteiger partial charge in [-0.1, -0.05) is 45.8 Å². The van der Waals surface area contributed by atoms with E-state index in [1.807, 2.05) is 0 Å². The normalized spacial score (nSPS) is 13.3. The zero-order valence-corrected chi connectivity index (χ0v) is 18.3. The third-order valence-electron chi connectivity index (χ3n) is 5.40. The molecule has 0 saturated heterocycles. The molecule has 4 nitrogen and oxygen atoms in total. The molecule has 0 aromatic carbocycles. The maximum atomic E-state index is 10.7. The van der Waals surface area contributed by atoms with Gasteiger partial charge in [0.15, 0.2) is 0 Å². The Morgan fingerprint density at radius 1 is 0.926 bits per heavy atom. The molecule has 1 N–H and O–H groups in total. The monoisotopic (exact) mass is 383 g/mol. The molecule has 0 aliphatic heterocycles. The predicted octanol–water partition coefficient (Wildman–Crippen LogP) is 4.21. The predicted molar refractivity (Wildman–Crippen MR) is 112 cm³/mol. The first kappa shape index (κ1) is 26.1. The number of rotatable bonds is 19. The molecule has 0 rings (SSSR count). The summed E-state index contributed by atoms with van der Waals surface area (Å²) in [4.78, 5) is 10.7. The summed E-state index contributed by atoms with van der Waals surface area (Å²) < 4.78 is 0.950. The van der Waals surface area contributed by atoms with E-state index in [0.29, 0.717) is 6.42 Å². The maximum absolute atomic E-state index is 10.7. The van der Waals surface area contributed by atoms with Gasteiger partial charge in [0.2, 0.25) is 0 Å². The van der Waals surface area contributed by atoms with Crippen molar-refractivity contribution in [3.05, 3.63) is 12.2 Å². The molecule has 0 radical (unpaired) electrons. The molecule has 0 bridgehead atoms. The van der Waals surface area contributed by atoms with Gasteiger partial charge in [0.25, 0.3) is 0 Å². The van der Waals surface area contributed by atoms with Crippen molar-refractivity contribution in [1.82, 2.24) is 0 Å². The van der Waals surface area contributed by atoms with Crippen LogP contribution in [0.1, 0.15) is 97.8 Å². The third-order valence-corrected chi connectivity index (χ3v) is 5.40. The van der Waals surface area contributed by atoms with Gasteiger partial charge < -0.3 is 19.5 Å². The summed E-state index contributed by atoms with van der Waals surface area (Å²) in [5, 5.41) is 21.4. The number of aliphatic carboxylic acids is 1. The van der Waals surface area contributed by atoms with Crippen molar-refractivity contribution in [3.63, 3.8) is 0 Å². The Morgan fingerprint density at radius 3 is 1.96 bits per heavy atom. The van der Waals surface area contributed by atoms with E-state index >= 15 is 0 Å². The number of carbonyl (C=O) groups excluding carboxylic acids is 1. The van der Waals surface area contributed by atoms with Crippen molar-refractivity contribution in [2.24, 2.45) is 0 Å². The quantitative estimate of drug-likeness (QED) is 0.206. The molecule has 1 atom stereocenters. The van der Waals surface area contributed by atoms with Crippen LogP contribution in [-0.4, -0.2) is 47.8 Å². The average Bonchev–Trinajstić information content (AvgIpc) is 2.63. The lowest BCUT2D eigenvalue weighted by Gasteiger charge is -2.41. The van der Waals surface area contributed by atoms with Crippen LogP contribution in [0.2, 0.25) is 0 Å². The summed E-state index contributed by atoms with van der Waals surface area (Å²) >= 11 is 0. The molecule has 0 aliphatic rings. The number of hydrogen-bond acceptors (Lipinski definition) is 3. The Bertz CT molecular complexity index is 372. The van der Waals surface area contributed by atoms with Gasteiger partial charge in [-0.3, -0.25) is 0 Å². The van der Waals surface area contributed by atoms with E-state index in [-0.39, 0.29) is 12.5 Å². The summed E-state index contributed by atoms with van der Waals surface area (Å²) in [7, 11) is 0. The molecule has 0 heterocycles. The molecule has 0 aromatic rings. The highest BCUT2D eigenvalue weighted by atomic mass is 16.4. The van der Waals surface area contributed by atoms with Crippen LogP contribution in [0.5, 0.6) is 0 Å². The second-order valence-electron chi connectivity index (χ2n) is 8.05. The molecular weight excluding hydrogens is 338 g/mol. The standard InChI is InChI=1S/C23H45NO3/c1-4-7-10-11-16-22(25)21-24(18-13-8-5-2,19-14-9-6-3)20-15-12-17-23(26)27/h7,10,22,25H,4-6,8-9,11-21H2,1-3H3/b10-7+. The van der Waals surface area contributed by atoms with Gasteiger partial charge in [0, 0.05) is 5.97 Å². The van der Waals surface area contributed by atoms with Crippen LogP contribution in [0.3, 0.4) is 0 Å². The molecule has 4 heteroatoms. The number of aliphatic hydroxyl groups excluding tert-OH is 1. The zero-order chi connectivity index (χ0) is 20.4. The van der Waals surface area contributed by atoms with Gasteiger partial charge in [-0.25, -0.2) is 0 Å². The lowest BCUT2D eigenvalue weighted by Crippen LogP contribution is -2.54. The highest BCUT2D eigenvalue weighted by Gasteiger charge is 2.29. The minimum atomic E-state index is -0.951. The van der Waals surface area contributed by atoms with E-state index in [2.05, 4.69) is 32.9 Å². The Labute approximate surface area is 168 Å². The average molecular weight is 384 g/mol. The largest absolute Gasteiger partial charge is 0.550 e. The maximum Gasteiger partial charge on any atom is 0.105 e. The van der Waals surface area contributed by atoms with Gasteiger partial charge in [-0.2, -0.15) is 0 Å². The van der Waals surface area contributed by atoms with Crippen LogP contribution in [0, 0.1) is 0 Å².